The quantitative estimate of drug-likeness (QED) is 0.444. The number of hydrogen-bond acceptors (Lipinski definition) is 5. The van der Waals surface area contributed by atoms with Crippen molar-refractivity contribution in [2.75, 3.05) is 20.1 Å². The molecule has 1 unspecified atom stereocenters. The fraction of sp³-hybridized carbons (Fsp3) is 0.394. The summed E-state index contributed by atoms with van der Waals surface area (Å²) in [5, 5.41) is 21.1. The Morgan fingerprint density at radius 2 is 1.66 bits per heavy atom. The zero-order valence-electron chi connectivity index (χ0n) is 24.2. The second-order valence-electron chi connectivity index (χ2n) is 11.4. The first kappa shape index (κ1) is 29.8. The number of hydrogen-bond donors (Lipinski definition) is 1. The number of nitrogens with zero attached hydrogens (tertiary/aromatic N) is 4. The predicted molar refractivity (Wildman–Crippen MR) is 158 cm³/mol. The standard InChI is InChI=1S/C33H38N4O4/c1-23(2)35(4)32(40)29-21-37(31(39)19-28(29)27-13-9-8-12-26(27)20-34)22-33(41)14-16-36(17-15-33)30(38)18-24(3)25-10-6-5-7-11-25/h5-13,19,21,23-24,41H,14-18,22H2,1-4H3. The van der Waals surface area contributed by atoms with E-state index in [1.807, 2.05) is 51.1 Å². The number of aliphatic hydroxyl groups is 1. The Bertz CT molecular complexity index is 1500. The molecule has 0 spiro atoms. The van der Waals surface area contributed by atoms with E-state index >= 15 is 0 Å². The van der Waals surface area contributed by atoms with Gasteiger partial charge in [0.15, 0.2) is 0 Å². The molecule has 4 rings (SSSR count). The summed E-state index contributed by atoms with van der Waals surface area (Å²) in [6, 6.07) is 20.2. The Labute approximate surface area is 241 Å². The second-order valence-corrected chi connectivity index (χ2v) is 11.4. The summed E-state index contributed by atoms with van der Waals surface area (Å²) in [7, 11) is 1.70. The Kier molecular flexibility index (Phi) is 9.09. The zero-order valence-corrected chi connectivity index (χ0v) is 24.2. The molecule has 2 heterocycles. The minimum atomic E-state index is -1.21. The van der Waals surface area contributed by atoms with E-state index in [2.05, 4.69) is 6.07 Å². The minimum absolute atomic E-state index is 0.000131. The van der Waals surface area contributed by atoms with Gasteiger partial charge in [-0.3, -0.25) is 14.4 Å². The summed E-state index contributed by atoms with van der Waals surface area (Å²) in [4.78, 5) is 43.2. The number of pyridine rings is 1. The molecule has 1 aliphatic heterocycles. The van der Waals surface area contributed by atoms with Crippen molar-refractivity contribution in [1.29, 1.82) is 5.26 Å². The number of carbonyl (C=O) groups is 2. The molecule has 1 saturated heterocycles. The SMILES string of the molecule is CC(CC(=O)N1CCC(O)(Cn2cc(C(=O)N(C)C(C)C)c(-c3ccccc3C#N)cc2=O)CC1)c1ccccc1. The maximum Gasteiger partial charge on any atom is 0.255 e. The number of likely N-dealkylation sites (tertiary alicyclic amines) is 1. The molecule has 0 saturated carbocycles. The van der Waals surface area contributed by atoms with E-state index in [-0.39, 0.29) is 41.4 Å². The molecule has 0 aliphatic carbocycles. The molecule has 214 valence electrons. The Morgan fingerprint density at radius 3 is 2.29 bits per heavy atom. The first-order valence-electron chi connectivity index (χ1n) is 14.1. The van der Waals surface area contributed by atoms with E-state index < -0.39 is 5.60 Å². The molecule has 8 heteroatoms. The highest BCUT2D eigenvalue weighted by Crippen LogP contribution is 2.29. The fourth-order valence-electron chi connectivity index (χ4n) is 5.27. The van der Waals surface area contributed by atoms with Crippen molar-refractivity contribution in [1.82, 2.24) is 14.4 Å². The van der Waals surface area contributed by atoms with E-state index in [0.717, 1.165) is 5.56 Å². The van der Waals surface area contributed by atoms with Gasteiger partial charge in [0.2, 0.25) is 5.91 Å². The van der Waals surface area contributed by atoms with E-state index in [1.54, 1.807) is 41.1 Å². The smallest absolute Gasteiger partial charge is 0.255 e. The molecule has 1 aliphatic rings. The van der Waals surface area contributed by atoms with Gasteiger partial charge in [-0.05, 0) is 44.2 Å². The molecule has 1 aromatic heterocycles. The number of rotatable bonds is 8. The number of piperidine rings is 1. The van der Waals surface area contributed by atoms with Crippen LogP contribution in [0.5, 0.6) is 0 Å². The van der Waals surface area contributed by atoms with Gasteiger partial charge in [-0.1, -0.05) is 55.5 Å². The summed E-state index contributed by atoms with van der Waals surface area (Å²) >= 11 is 0. The maximum atomic E-state index is 13.5. The molecule has 0 radical (unpaired) electrons. The topological polar surface area (TPSA) is 107 Å². The van der Waals surface area contributed by atoms with Crippen LogP contribution in [0.15, 0.2) is 71.7 Å². The number of carbonyl (C=O) groups excluding carboxylic acids is 2. The van der Waals surface area contributed by atoms with E-state index in [9.17, 15) is 24.8 Å². The van der Waals surface area contributed by atoms with Gasteiger partial charge in [0.1, 0.15) is 0 Å². The number of aromatic nitrogens is 1. The Hall–Kier alpha value is -4.22. The van der Waals surface area contributed by atoms with Gasteiger partial charge >= 0.3 is 0 Å². The molecular weight excluding hydrogens is 516 g/mol. The molecule has 1 N–H and O–H groups in total. The third-order valence-corrected chi connectivity index (χ3v) is 8.15. The lowest BCUT2D eigenvalue weighted by Gasteiger charge is -2.39. The Morgan fingerprint density at radius 1 is 1.02 bits per heavy atom. The van der Waals surface area contributed by atoms with Crippen LogP contribution < -0.4 is 5.56 Å². The normalized spacial score (nSPS) is 15.3. The van der Waals surface area contributed by atoms with Crippen LogP contribution in [0.1, 0.15) is 67.4 Å². The van der Waals surface area contributed by atoms with Crippen molar-refractivity contribution in [2.24, 2.45) is 0 Å². The second kappa shape index (κ2) is 12.5. The summed E-state index contributed by atoms with van der Waals surface area (Å²) in [6.45, 7) is 6.61. The molecule has 1 atom stereocenters. The minimum Gasteiger partial charge on any atom is -0.388 e. The molecule has 1 fully saturated rings. The highest BCUT2D eigenvalue weighted by molar-refractivity contribution is 6.01. The lowest BCUT2D eigenvalue weighted by Crippen LogP contribution is -2.49. The van der Waals surface area contributed by atoms with Crippen LogP contribution in [-0.2, 0) is 11.3 Å². The van der Waals surface area contributed by atoms with Gasteiger partial charge < -0.3 is 19.5 Å². The Balaban J connectivity index is 1.55. The number of amides is 2. The van der Waals surface area contributed by atoms with E-state index in [0.29, 0.717) is 49.0 Å². The van der Waals surface area contributed by atoms with Crippen LogP contribution in [0.3, 0.4) is 0 Å². The van der Waals surface area contributed by atoms with Crippen LogP contribution in [0.25, 0.3) is 11.1 Å². The van der Waals surface area contributed by atoms with Gasteiger partial charge in [-0.15, -0.1) is 0 Å². The fourth-order valence-corrected chi connectivity index (χ4v) is 5.27. The number of benzene rings is 2. The summed E-state index contributed by atoms with van der Waals surface area (Å²) in [5.41, 5.74) is 1.08. The maximum absolute atomic E-state index is 13.5. The largest absolute Gasteiger partial charge is 0.388 e. The van der Waals surface area contributed by atoms with Crippen molar-refractivity contribution in [3.8, 4) is 17.2 Å². The molecule has 0 bridgehead atoms. The third-order valence-electron chi connectivity index (χ3n) is 8.15. The summed E-state index contributed by atoms with van der Waals surface area (Å²) in [5.74, 6) is -0.144. The van der Waals surface area contributed by atoms with Gasteiger partial charge in [0.05, 0.1) is 29.3 Å². The average molecular weight is 555 g/mol. The van der Waals surface area contributed by atoms with Crippen LogP contribution in [0, 0.1) is 11.3 Å². The molecule has 2 amide bonds. The van der Waals surface area contributed by atoms with Gasteiger partial charge in [-0.2, -0.15) is 5.26 Å². The molecule has 41 heavy (non-hydrogen) atoms. The lowest BCUT2D eigenvalue weighted by atomic mass is 9.90. The molecule has 2 aromatic carbocycles. The van der Waals surface area contributed by atoms with Gasteiger partial charge in [-0.25, -0.2) is 0 Å². The van der Waals surface area contributed by atoms with Crippen LogP contribution in [0.4, 0.5) is 0 Å². The molecule has 8 nitrogen and oxygen atoms in total. The average Bonchev–Trinajstić information content (AvgIpc) is 2.97. The van der Waals surface area contributed by atoms with E-state index in [1.165, 1.54) is 16.8 Å². The van der Waals surface area contributed by atoms with E-state index in [4.69, 9.17) is 0 Å². The van der Waals surface area contributed by atoms with Crippen molar-refractivity contribution in [3.63, 3.8) is 0 Å². The predicted octanol–water partition coefficient (Wildman–Crippen LogP) is 4.41. The highest BCUT2D eigenvalue weighted by atomic mass is 16.3. The van der Waals surface area contributed by atoms with Gasteiger partial charge in [0, 0.05) is 56.0 Å². The molecule has 3 aromatic rings. The summed E-state index contributed by atoms with van der Waals surface area (Å²) in [6.07, 6.45) is 2.53. The van der Waals surface area contributed by atoms with Crippen molar-refractivity contribution in [2.45, 2.75) is 64.1 Å². The van der Waals surface area contributed by atoms with Gasteiger partial charge in [0.25, 0.3) is 11.5 Å². The van der Waals surface area contributed by atoms with Crippen molar-refractivity contribution < 1.29 is 14.7 Å². The van der Waals surface area contributed by atoms with Crippen LogP contribution in [0.2, 0.25) is 0 Å². The lowest BCUT2D eigenvalue weighted by molar-refractivity contribution is -0.136. The first-order chi connectivity index (χ1) is 19.5. The number of nitriles is 1. The zero-order chi connectivity index (χ0) is 29.7. The van der Waals surface area contributed by atoms with Crippen molar-refractivity contribution >= 4 is 11.8 Å². The monoisotopic (exact) mass is 554 g/mol. The summed E-state index contributed by atoms with van der Waals surface area (Å²) < 4.78 is 1.38. The van der Waals surface area contributed by atoms with Crippen LogP contribution in [-0.4, -0.2) is 63.1 Å². The van der Waals surface area contributed by atoms with Crippen LogP contribution >= 0.6 is 0 Å². The van der Waals surface area contributed by atoms with Crippen molar-refractivity contribution in [3.05, 3.63) is 93.9 Å². The highest BCUT2D eigenvalue weighted by Gasteiger charge is 2.35. The first-order valence-corrected chi connectivity index (χ1v) is 14.1. The molecular formula is C33H38N4O4. The third kappa shape index (κ3) is 6.75.